The minimum atomic E-state index is -3.36. The fourth-order valence-electron chi connectivity index (χ4n) is 2.41. The lowest BCUT2D eigenvalue weighted by atomic mass is 10.2. The molecule has 1 amide bonds. The van der Waals surface area contributed by atoms with E-state index < -0.39 is 15.9 Å². The minimum Gasteiger partial charge on any atom is -0.324 e. The van der Waals surface area contributed by atoms with Gasteiger partial charge in [-0.2, -0.15) is 5.10 Å². The van der Waals surface area contributed by atoms with Gasteiger partial charge in [0.1, 0.15) is 6.54 Å². The van der Waals surface area contributed by atoms with Crippen molar-refractivity contribution in [3.05, 3.63) is 65.1 Å². The number of rotatable bonds is 5. The topological polar surface area (TPSA) is 110 Å². The zero-order valence-corrected chi connectivity index (χ0v) is 14.7. The predicted molar refractivity (Wildman–Crippen MR) is 99.5 cm³/mol. The van der Waals surface area contributed by atoms with E-state index in [4.69, 9.17) is 0 Å². The summed E-state index contributed by atoms with van der Waals surface area (Å²) in [7, 11) is -3.36. The number of hydrogen-bond donors (Lipinski definition) is 2. The second kappa shape index (κ2) is 6.96. The van der Waals surface area contributed by atoms with Gasteiger partial charge in [0.2, 0.25) is 15.9 Å². The van der Waals surface area contributed by atoms with Gasteiger partial charge < -0.3 is 5.32 Å². The van der Waals surface area contributed by atoms with Gasteiger partial charge in [0.25, 0.3) is 5.56 Å². The smallest absolute Gasteiger partial charge is 0.275 e. The van der Waals surface area contributed by atoms with Crippen LogP contribution < -0.4 is 15.6 Å². The van der Waals surface area contributed by atoms with Crippen molar-refractivity contribution in [3.63, 3.8) is 0 Å². The Bertz CT molecular complexity index is 1120. The van der Waals surface area contributed by atoms with E-state index in [-0.39, 0.29) is 12.1 Å². The lowest BCUT2D eigenvalue weighted by Gasteiger charge is -2.09. The Morgan fingerprint density at radius 3 is 2.42 bits per heavy atom. The summed E-state index contributed by atoms with van der Waals surface area (Å²) in [6.45, 7) is -0.229. The predicted octanol–water partition coefficient (Wildman–Crippen LogP) is 1.41. The summed E-state index contributed by atoms with van der Waals surface area (Å²) in [5, 5.41) is 7.85. The molecule has 26 heavy (non-hydrogen) atoms. The monoisotopic (exact) mass is 372 g/mol. The third-order valence-corrected chi connectivity index (χ3v) is 4.13. The molecular weight excluding hydrogens is 356 g/mol. The molecule has 0 atom stereocenters. The van der Waals surface area contributed by atoms with Crippen LogP contribution in [-0.2, 0) is 21.4 Å². The molecule has 1 aromatic heterocycles. The Morgan fingerprint density at radius 1 is 1.08 bits per heavy atom. The Kier molecular flexibility index (Phi) is 4.72. The quantitative estimate of drug-likeness (QED) is 0.704. The lowest BCUT2D eigenvalue weighted by Crippen LogP contribution is -2.29. The Hall–Kier alpha value is -3.20. The molecule has 0 unspecified atom stereocenters. The van der Waals surface area contributed by atoms with Crippen LogP contribution in [0.4, 0.5) is 11.4 Å². The van der Waals surface area contributed by atoms with Crippen molar-refractivity contribution >= 4 is 38.1 Å². The number of nitrogens with zero attached hydrogens (tertiary/aromatic N) is 2. The molecule has 0 spiro atoms. The van der Waals surface area contributed by atoms with Gasteiger partial charge in [-0.15, -0.1) is 0 Å². The first-order valence-corrected chi connectivity index (χ1v) is 9.53. The fourth-order valence-corrected chi connectivity index (χ4v) is 2.98. The van der Waals surface area contributed by atoms with Crippen LogP contribution in [0.2, 0.25) is 0 Å². The third-order valence-electron chi connectivity index (χ3n) is 3.53. The lowest BCUT2D eigenvalue weighted by molar-refractivity contribution is -0.117. The number of fused-ring (bicyclic) bond motifs is 1. The van der Waals surface area contributed by atoms with Crippen LogP contribution >= 0.6 is 0 Å². The van der Waals surface area contributed by atoms with E-state index in [1.54, 1.807) is 30.3 Å². The van der Waals surface area contributed by atoms with E-state index in [2.05, 4.69) is 15.1 Å². The molecule has 3 rings (SSSR count). The average molecular weight is 372 g/mol. The number of nitrogens with one attached hydrogen (secondary N) is 2. The first kappa shape index (κ1) is 17.6. The number of carbonyl (C=O) groups is 1. The van der Waals surface area contributed by atoms with Crippen molar-refractivity contribution in [2.24, 2.45) is 0 Å². The second-order valence-electron chi connectivity index (χ2n) is 5.69. The molecule has 0 bridgehead atoms. The van der Waals surface area contributed by atoms with Gasteiger partial charge in [-0.25, -0.2) is 13.1 Å². The molecule has 0 aliphatic heterocycles. The maximum Gasteiger partial charge on any atom is 0.275 e. The van der Waals surface area contributed by atoms with Gasteiger partial charge >= 0.3 is 0 Å². The fraction of sp³-hybridized carbons (Fsp3) is 0.118. The highest BCUT2D eigenvalue weighted by Gasteiger charge is 2.09. The molecule has 1 heterocycles. The summed E-state index contributed by atoms with van der Waals surface area (Å²) < 4.78 is 25.8. The number of amides is 1. The minimum absolute atomic E-state index is 0.229. The standard InChI is InChI=1S/C17H16N4O4S/c1-26(24,25)20-14-8-6-13(7-9-14)19-16(22)11-21-17(23)15-5-3-2-4-12(15)10-18-21/h2-10,20H,11H2,1H3,(H,19,22). The molecule has 2 aromatic carbocycles. The Balaban J connectivity index is 1.71. The van der Waals surface area contributed by atoms with Gasteiger partial charge in [0, 0.05) is 16.8 Å². The highest BCUT2D eigenvalue weighted by atomic mass is 32.2. The van der Waals surface area contributed by atoms with Crippen molar-refractivity contribution in [1.82, 2.24) is 9.78 Å². The van der Waals surface area contributed by atoms with Crippen molar-refractivity contribution in [2.45, 2.75) is 6.54 Å². The molecular formula is C17H16N4O4S. The van der Waals surface area contributed by atoms with Crippen LogP contribution in [0, 0.1) is 0 Å². The molecule has 0 radical (unpaired) electrons. The maximum atomic E-state index is 12.3. The number of anilines is 2. The van der Waals surface area contributed by atoms with E-state index >= 15 is 0 Å². The largest absolute Gasteiger partial charge is 0.324 e. The van der Waals surface area contributed by atoms with Gasteiger partial charge in [-0.3, -0.25) is 14.3 Å². The molecule has 0 aliphatic rings. The highest BCUT2D eigenvalue weighted by Crippen LogP contribution is 2.14. The molecule has 0 fully saturated rings. The van der Waals surface area contributed by atoms with E-state index in [0.29, 0.717) is 22.1 Å². The highest BCUT2D eigenvalue weighted by molar-refractivity contribution is 7.92. The number of aromatic nitrogens is 2. The molecule has 9 heteroatoms. The van der Waals surface area contributed by atoms with Crippen LogP contribution in [0.15, 0.2) is 59.5 Å². The van der Waals surface area contributed by atoms with Crippen molar-refractivity contribution in [1.29, 1.82) is 0 Å². The maximum absolute atomic E-state index is 12.3. The second-order valence-corrected chi connectivity index (χ2v) is 7.44. The van der Waals surface area contributed by atoms with Crippen LogP contribution in [-0.4, -0.2) is 30.4 Å². The number of benzene rings is 2. The normalized spacial score (nSPS) is 11.3. The Morgan fingerprint density at radius 2 is 1.73 bits per heavy atom. The summed E-state index contributed by atoms with van der Waals surface area (Å²) in [6, 6.07) is 13.2. The van der Waals surface area contributed by atoms with Gasteiger partial charge in [0.15, 0.2) is 0 Å². The van der Waals surface area contributed by atoms with Crippen LogP contribution in [0.5, 0.6) is 0 Å². The summed E-state index contributed by atoms with van der Waals surface area (Å²) in [6.07, 6.45) is 2.59. The van der Waals surface area contributed by atoms with Crippen LogP contribution in [0.3, 0.4) is 0 Å². The Labute approximate surface area is 149 Å². The first-order valence-electron chi connectivity index (χ1n) is 7.64. The van der Waals surface area contributed by atoms with Gasteiger partial charge in [-0.05, 0) is 30.3 Å². The van der Waals surface area contributed by atoms with Crippen molar-refractivity contribution in [2.75, 3.05) is 16.3 Å². The van der Waals surface area contributed by atoms with E-state index in [1.807, 2.05) is 6.07 Å². The SMILES string of the molecule is CS(=O)(=O)Nc1ccc(NC(=O)Cn2ncc3ccccc3c2=O)cc1. The van der Waals surface area contributed by atoms with Crippen LogP contribution in [0.25, 0.3) is 10.8 Å². The summed E-state index contributed by atoms with van der Waals surface area (Å²) in [4.78, 5) is 24.5. The van der Waals surface area contributed by atoms with Crippen molar-refractivity contribution in [3.8, 4) is 0 Å². The molecule has 0 saturated heterocycles. The van der Waals surface area contributed by atoms with E-state index in [9.17, 15) is 18.0 Å². The molecule has 2 N–H and O–H groups in total. The molecule has 0 saturated carbocycles. The first-order chi connectivity index (χ1) is 12.3. The molecule has 8 nitrogen and oxygen atoms in total. The summed E-state index contributed by atoms with van der Waals surface area (Å²) in [5.41, 5.74) is 0.520. The molecule has 134 valence electrons. The molecule has 0 aliphatic carbocycles. The third kappa shape index (κ3) is 4.25. The van der Waals surface area contributed by atoms with Gasteiger partial charge in [-0.1, -0.05) is 18.2 Å². The van der Waals surface area contributed by atoms with Crippen molar-refractivity contribution < 1.29 is 13.2 Å². The summed E-state index contributed by atoms with van der Waals surface area (Å²) in [5.74, 6) is -0.418. The summed E-state index contributed by atoms with van der Waals surface area (Å²) >= 11 is 0. The molecule has 3 aromatic rings. The average Bonchev–Trinajstić information content (AvgIpc) is 2.58. The van der Waals surface area contributed by atoms with E-state index in [1.165, 1.54) is 18.3 Å². The van der Waals surface area contributed by atoms with Gasteiger partial charge in [0.05, 0.1) is 17.8 Å². The number of carbonyl (C=O) groups excluding carboxylic acids is 1. The van der Waals surface area contributed by atoms with E-state index in [0.717, 1.165) is 10.9 Å². The zero-order chi connectivity index (χ0) is 18.7. The number of sulfonamides is 1. The number of hydrogen-bond acceptors (Lipinski definition) is 5. The zero-order valence-electron chi connectivity index (χ0n) is 13.8. The van der Waals surface area contributed by atoms with Crippen LogP contribution in [0.1, 0.15) is 0 Å².